The van der Waals surface area contributed by atoms with Gasteiger partial charge in [0.15, 0.2) is 11.6 Å². The highest BCUT2D eigenvalue weighted by Crippen LogP contribution is 2.38. The number of amides is 1. The minimum Gasteiger partial charge on any atom is -0.404 e. The molecule has 1 aromatic heterocycles. The van der Waals surface area contributed by atoms with Crippen LogP contribution in [0.4, 0.5) is 10.2 Å². The van der Waals surface area contributed by atoms with Crippen LogP contribution in [0.15, 0.2) is 102 Å². The lowest BCUT2D eigenvalue weighted by molar-refractivity contribution is -0.00399. The Hall–Kier alpha value is -3.57. The molecular weight excluding hydrogens is 558 g/mol. The molecule has 1 fully saturated rings. The maximum Gasteiger partial charge on any atom is 0.351 e. The third-order valence-electron chi connectivity index (χ3n) is 7.07. The van der Waals surface area contributed by atoms with Gasteiger partial charge in [-0.2, -0.15) is 4.98 Å². The highest BCUT2D eigenvalue weighted by Gasteiger charge is 2.50. The van der Waals surface area contributed by atoms with Gasteiger partial charge in [-0.1, -0.05) is 99.6 Å². The van der Waals surface area contributed by atoms with E-state index in [9.17, 15) is 14.0 Å². The van der Waals surface area contributed by atoms with Crippen LogP contribution in [-0.2, 0) is 9.16 Å². The van der Waals surface area contributed by atoms with Crippen LogP contribution in [0.1, 0.15) is 37.4 Å². The minimum absolute atomic E-state index is 0.192. The summed E-state index contributed by atoms with van der Waals surface area (Å²) in [4.78, 5) is 29.1. The summed E-state index contributed by atoms with van der Waals surface area (Å²) in [5.41, 5.74) is -0.750. The summed E-state index contributed by atoms with van der Waals surface area (Å²) in [5, 5.41) is 4.51. The lowest BCUT2D eigenvalue weighted by Gasteiger charge is -2.43. The molecule has 0 unspecified atom stereocenters. The standard InChI is InChI=1S/C31H32FN3O4SSi/c1-31(2,3)41(23-15-9-5-10-16-23,24-17-11-6-12-18-24)38-20-27-39-26(21-40-27)35-19-25(32)28(34-30(35)37)33-29(36)22-13-7-4-8-14-22/h4-19,26-27H,20-21H2,1-3H3,(H,33,34,36,37)/t26-,27+/m0/s1. The van der Waals surface area contributed by atoms with Crippen molar-refractivity contribution in [3.05, 3.63) is 119 Å². The summed E-state index contributed by atoms with van der Waals surface area (Å²) >= 11 is 1.51. The van der Waals surface area contributed by atoms with Crippen LogP contribution in [0, 0.1) is 5.82 Å². The van der Waals surface area contributed by atoms with E-state index >= 15 is 0 Å². The van der Waals surface area contributed by atoms with Gasteiger partial charge in [0, 0.05) is 11.3 Å². The molecule has 4 aromatic rings. The Morgan fingerprint density at radius 2 is 1.59 bits per heavy atom. The smallest absolute Gasteiger partial charge is 0.351 e. The molecule has 7 nitrogen and oxygen atoms in total. The molecule has 212 valence electrons. The summed E-state index contributed by atoms with van der Waals surface area (Å²) < 4.78 is 29.2. The van der Waals surface area contributed by atoms with Gasteiger partial charge in [0.2, 0.25) is 0 Å². The van der Waals surface area contributed by atoms with Crippen LogP contribution in [0.5, 0.6) is 0 Å². The van der Waals surface area contributed by atoms with Crippen molar-refractivity contribution < 1.29 is 18.3 Å². The molecule has 3 aromatic carbocycles. The fourth-order valence-electron chi connectivity index (χ4n) is 5.14. The average Bonchev–Trinajstić information content (AvgIpc) is 3.45. The Balaban J connectivity index is 1.33. The normalized spacial score (nSPS) is 17.4. The highest BCUT2D eigenvalue weighted by molar-refractivity contribution is 8.00. The number of carbonyl (C=O) groups excluding carboxylic acids is 1. The molecule has 41 heavy (non-hydrogen) atoms. The molecule has 0 bridgehead atoms. The first kappa shape index (κ1) is 28.9. The van der Waals surface area contributed by atoms with E-state index in [1.807, 2.05) is 36.4 Å². The van der Waals surface area contributed by atoms with E-state index in [0.717, 1.165) is 21.1 Å². The van der Waals surface area contributed by atoms with Gasteiger partial charge in [0.25, 0.3) is 14.2 Å². The predicted octanol–water partition coefficient (Wildman–Crippen LogP) is 4.80. The number of hydrogen-bond donors (Lipinski definition) is 1. The molecule has 10 heteroatoms. The Kier molecular flexibility index (Phi) is 8.55. The van der Waals surface area contributed by atoms with Gasteiger partial charge >= 0.3 is 5.69 Å². The van der Waals surface area contributed by atoms with E-state index in [1.165, 1.54) is 11.8 Å². The number of hydrogen-bond acceptors (Lipinski definition) is 6. The molecule has 2 atom stereocenters. The number of anilines is 1. The molecule has 1 N–H and O–H groups in total. The van der Waals surface area contributed by atoms with Crippen molar-refractivity contribution >= 4 is 42.2 Å². The summed E-state index contributed by atoms with van der Waals surface area (Å²) in [6.07, 6.45) is 0.313. The van der Waals surface area contributed by atoms with Crippen molar-refractivity contribution in [2.45, 2.75) is 37.5 Å². The molecule has 1 amide bonds. The number of nitrogens with one attached hydrogen (secondary N) is 1. The van der Waals surface area contributed by atoms with Crippen LogP contribution in [0.2, 0.25) is 5.04 Å². The van der Waals surface area contributed by atoms with Crippen LogP contribution >= 0.6 is 11.8 Å². The summed E-state index contributed by atoms with van der Waals surface area (Å²) in [6.45, 7) is 6.91. The van der Waals surface area contributed by atoms with E-state index in [4.69, 9.17) is 9.16 Å². The number of halogens is 1. The lowest BCUT2D eigenvalue weighted by Crippen LogP contribution is -2.67. The minimum atomic E-state index is -2.76. The largest absolute Gasteiger partial charge is 0.404 e. The zero-order valence-corrected chi connectivity index (χ0v) is 24.9. The molecule has 0 aliphatic carbocycles. The maximum atomic E-state index is 14.9. The zero-order valence-electron chi connectivity index (χ0n) is 23.1. The second-order valence-corrected chi connectivity index (χ2v) is 16.3. The topological polar surface area (TPSA) is 82.4 Å². The number of aromatic nitrogens is 2. The quantitative estimate of drug-likeness (QED) is 0.298. The third-order valence-corrected chi connectivity index (χ3v) is 13.2. The van der Waals surface area contributed by atoms with Gasteiger partial charge in [-0.3, -0.25) is 9.36 Å². The van der Waals surface area contributed by atoms with Crippen LogP contribution in [-0.4, -0.2) is 41.6 Å². The average molecular weight is 590 g/mol. The number of carbonyl (C=O) groups is 1. The van der Waals surface area contributed by atoms with Crippen molar-refractivity contribution in [1.29, 1.82) is 0 Å². The van der Waals surface area contributed by atoms with Crippen LogP contribution in [0.3, 0.4) is 0 Å². The molecule has 5 rings (SSSR count). The molecule has 0 spiro atoms. The fraction of sp³-hybridized carbons (Fsp3) is 0.258. The van der Waals surface area contributed by atoms with Gasteiger partial charge in [-0.05, 0) is 27.5 Å². The first-order valence-electron chi connectivity index (χ1n) is 13.4. The zero-order chi connectivity index (χ0) is 29.0. The number of nitrogens with zero attached hydrogens (tertiary/aromatic N) is 2. The van der Waals surface area contributed by atoms with E-state index in [2.05, 4.69) is 55.3 Å². The second-order valence-electron chi connectivity index (χ2n) is 10.8. The van der Waals surface area contributed by atoms with Gasteiger partial charge in [-0.15, -0.1) is 11.8 Å². The van der Waals surface area contributed by atoms with Gasteiger partial charge in [-0.25, -0.2) is 9.18 Å². The van der Waals surface area contributed by atoms with Crippen molar-refractivity contribution in [3.8, 4) is 0 Å². The van der Waals surface area contributed by atoms with Crippen molar-refractivity contribution in [2.24, 2.45) is 0 Å². The third kappa shape index (κ3) is 6.06. The second kappa shape index (κ2) is 12.1. The van der Waals surface area contributed by atoms with Crippen molar-refractivity contribution in [3.63, 3.8) is 0 Å². The lowest BCUT2D eigenvalue weighted by atomic mass is 10.2. The van der Waals surface area contributed by atoms with Gasteiger partial charge in [0.1, 0.15) is 11.7 Å². The van der Waals surface area contributed by atoms with Gasteiger partial charge < -0.3 is 14.5 Å². The first-order valence-corrected chi connectivity index (χ1v) is 16.3. The van der Waals surface area contributed by atoms with Crippen LogP contribution < -0.4 is 21.4 Å². The van der Waals surface area contributed by atoms with Crippen LogP contribution in [0.25, 0.3) is 0 Å². The molecule has 1 saturated heterocycles. The van der Waals surface area contributed by atoms with E-state index in [1.54, 1.807) is 30.3 Å². The maximum absolute atomic E-state index is 14.9. The molecule has 0 radical (unpaired) electrons. The number of ether oxygens (including phenoxy) is 1. The summed E-state index contributed by atoms with van der Waals surface area (Å²) in [6, 6.07) is 29.0. The van der Waals surface area contributed by atoms with E-state index in [-0.39, 0.29) is 10.5 Å². The van der Waals surface area contributed by atoms with Gasteiger partial charge in [0.05, 0.1) is 12.8 Å². The Morgan fingerprint density at radius 1 is 1.02 bits per heavy atom. The first-order chi connectivity index (χ1) is 19.7. The molecule has 2 heterocycles. The summed E-state index contributed by atoms with van der Waals surface area (Å²) in [5.74, 6) is -1.37. The Bertz CT molecular complexity index is 1510. The van der Waals surface area contributed by atoms with E-state index in [0.29, 0.717) is 17.9 Å². The highest BCUT2D eigenvalue weighted by atomic mass is 32.2. The molecule has 1 aliphatic rings. The Labute approximate surface area is 243 Å². The predicted molar refractivity (Wildman–Crippen MR) is 163 cm³/mol. The monoisotopic (exact) mass is 589 g/mol. The number of rotatable bonds is 8. The fourth-order valence-corrected chi connectivity index (χ4v) is 10.8. The SMILES string of the molecule is CC(C)(C)[Si](OC[C@@H]1O[C@H](n2cc(F)c(NC(=O)c3ccccc3)nc2=O)CS1)(c1ccccc1)c1ccccc1. The number of benzene rings is 3. The molecule has 0 saturated carbocycles. The van der Waals surface area contributed by atoms with Crippen molar-refractivity contribution in [2.75, 3.05) is 17.7 Å². The number of thioether (sulfide) groups is 1. The Morgan fingerprint density at radius 3 is 2.15 bits per heavy atom. The van der Waals surface area contributed by atoms with E-state index < -0.39 is 37.8 Å². The molecule has 1 aliphatic heterocycles. The van der Waals surface area contributed by atoms with Crippen molar-refractivity contribution in [1.82, 2.24) is 9.55 Å². The summed E-state index contributed by atoms with van der Waals surface area (Å²) in [7, 11) is -2.76. The molecular formula is C31H32FN3O4SSi.